The number of hydrogen-bond donors (Lipinski definition) is 1. The molecule has 0 radical (unpaired) electrons. The molecule has 0 aliphatic carbocycles. The predicted molar refractivity (Wildman–Crippen MR) is 67.2 cm³/mol. The smallest absolute Gasteiger partial charge is 0.299 e. The van der Waals surface area contributed by atoms with Crippen LogP contribution in [0.5, 0.6) is 11.9 Å². The van der Waals surface area contributed by atoms with E-state index in [1.807, 2.05) is 30.3 Å². The van der Waals surface area contributed by atoms with Gasteiger partial charge in [-0.3, -0.25) is 9.78 Å². The van der Waals surface area contributed by atoms with E-state index >= 15 is 0 Å². The largest absolute Gasteiger partial charge is 0.481 e. The summed E-state index contributed by atoms with van der Waals surface area (Å²) in [4.78, 5) is 18.5. The van der Waals surface area contributed by atoms with Crippen LogP contribution in [0.1, 0.15) is 11.1 Å². The number of rotatable bonds is 4. The molecule has 2 aromatic rings. The summed E-state index contributed by atoms with van der Waals surface area (Å²) in [6, 6.07) is 9.82. The van der Waals surface area contributed by atoms with E-state index in [9.17, 15) is 4.79 Å². The Kier molecular flexibility index (Phi) is 3.62. The Morgan fingerprint density at radius 3 is 2.50 bits per heavy atom. The van der Waals surface area contributed by atoms with Gasteiger partial charge in [-0.1, -0.05) is 30.3 Å². The molecule has 94 valence electrons. The zero-order valence-electron chi connectivity index (χ0n) is 10.3. The molecule has 18 heavy (non-hydrogen) atoms. The number of nitrogens with one attached hydrogen (secondary N) is 1. The van der Waals surface area contributed by atoms with E-state index in [-0.39, 0.29) is 11.6 Å². The van der Waals surface area contributed by atoms with Crippen molar-refractivity contribution >= 4 is 0 Å². The number of benzene rings is 1. The zero-order valence-corrected chi connectivity index (χ0v) is 10.3. The number of aromatic nitrogens is 2. The van der Waals surface area contributed by atoms with Gasteiger partial charge < -0.3 is 9.47 Å². The third-order valence-electron chi connectivity index (χ3n) is 2.57. The van der Waals surface area contributed by atoms with E-state index in [1.54, 1.807) is 0 Å². The molecule has 0 amide bonds. The maximum Gasteiger partial charge on any atom is 0.299 e. The Balaban J connectivity index is 2.41. The average Bonchev–Trinajstić information content (AvgIpc) is 2.42. The van der Waals surface area contributed by atoms with Gasteiger partial charge in [0, 0.05) is 6.42 Å². The van der Waals surface area contributed by atoms with E-state index in [0.717, 1.165) is 5.56 Å². The van der Waals surface area contributed by atoms with Crippen molar-refractivity contribution in [2.24, 2.45) is 0 Å². The van der Waals surface area contributed by atoms with E-state index < -0.39 is 0 Å². The van der Waals surface area contributed by atoms with Gasteiger partial charge in [0.05, 0.1) is 19.8 Å². The summed E-state index contributed by atoms with van der Waals surface area (Å²) in [5, 5.41) is 0. The first-order valence-corrected chi connectivity index (χ1v) is 5.49. The van der Waals surface area contributed by atoms with Gasteiger partial charge in [-0.05, 0) is 5.56 Å². The molecule has 0 spiro atoms. The molecule has 2 rings (SSSR count). The first-order valence-electron chi connectivity index (χ1n) is 5.49. The zero-order chi connectivity index (χ0) is 13.0. The van der Waals surface area contributed by atoms with E-state index in [0.29, 0.717) is 17.9 Å². The van der Waals surface area contributed by atoms with Gasteiger partial charge in [0.25, 0.3) is 11.6 Å². The van der Waals surface area contributed by atoms with Crippen LogP contribution in [0.4, 0.5) is 0 Å². The fourth-order valence-corrected chi connectivity index (χ4v) is 1.68. The summed E-state index contributed by atoms with van der Waals surface area (Å²) in [6.07, 6.45) is 0.469. The van der Waals surface area contributed by atoms with Crippen LogP contribution in [-0.2, 0) is 6.42 Å². The minimum atomic E-state index is -0.248. The molecular weight excluding hydrogens is 232 g/mol. The first-order chi connectivity index (χ1) is 8.74. The summed E-state index contributed by atoms with van der Waals surface area (Å²) in [7, 11) is 2.92. The van der Waals surface area contributed by atoms with Crippen LogP contribution in [0, 0.1) is 0 Å². The van der Waals surface area contributed by atoms with Crippen molar-refractivity contribution in [1.82, 2.24) is 9.97 Å². The first kappa shape index (κ1) is 12.2. The number of nitrogens with zero attached hydrogens (tertiary/aromatic N) is 1. The fourth-order valence-electron chi connectivity index (χ4n) is 1.68. The van der Waals surface area contributed by atoms with Crippen LogP contribution in [0.15, 0.2) is 35.1 Å². The maximum atomic E-state index is 11.9. The lowest BCUT2D eigenvalue weighted by Crippen LogP contribution is -2.17. The van der Waals surface area contributed by atoms with Crippen molar-refractivity contribution in [1.29, 1.82) is 0 Å². The molecule has 0 atom stereocenters. The van der Waals surface area contributed by atoms with Gasteiger partial charge in [-0.25, -0.2) is 0 Å². The van der Waals surface area contributed by atoms with Crippen molar-refractivity contribution in [3.8, 4) is 11.9 Å². The molecular formula is C13H14N2O3. The number of ether oxygens (including phenoxy) is 2. The highest BCUT2D eigenvalue weighted by atomic mass is 16.5. The molecule has 5 nitrogen and oxygen atoms in total. The molecule has 0 aliphatic heterocycles. The summed E-state index contributed by atoms with van der Waals surface area (Å²) >= 11 is 0. The molecule has 1 N–H and O–H groups in total. The second kappa shape index (κ2) is 5.35. The Morgan fingerprint density at radius 2 is 1.89 bits per heavy atom. The summed E-state index contributed by atoms with van der Waals surface area (Å²) < 4.78 is 10.0. The van der Waals surface area contributed by atoms with Gasteiger partial charge in [0.1, 0.15) is 0 Å². The van der Waals surface area contributed by atoms with Gasteiger partial charge in [-0.2, -0.15) is 4.98 Å². The van der Waals surface area contributed by atoms with Gasteiger partial charge >= 0.3 is 0 Å². The highest BCUT2D eigenvalue weighted by Gasteiger charge is 2.12. The minimum absolute atomic E-state index is 0.147. The van der Waals surface area contributed by atoms with Crippen LogP contribution in [0.3, 0.4) is 0 Å². The topological polar surface area (TPSA) is 64.2 Å². The second-order valence-electron chi connectivity index (χ2n) is 3.73. The Morgan fingerprint density at radius 1 is 1.17 bits per heavy atom. The van der Waals surface area contributed by atoms with E-state index in [1.165, 1.54) is 14.2 Å². The van der Waals surface area contributed by atoms with E-state index in [2.05, 4.69) is 9.97 Å². The summed E-state index contributed by atoms with van der Waals surface area (Å²) in [6.45, 7) is 0. The molecule has 1 heterocycles. The van der Waals surface area contributed by atoms with Crippen molar-refractivity contribution in [3.05, 3.63) is 51.8 Å². The number of hydrogen-bond acceptors (Lipinski definition) is 4. The molecule has 0 saturated carbocycles. The molecule has 1 aromatic heterocycles. The van der Waals surface area contributed by atoms with Crippen LogP contribution in [0.2, 0.25) is 0 Å². The molecule has 1 aromatic carbocycles. The predicted octanol–water partition coefficient (Wildman–Crippen LogP) is 1.38. The molecule has 0 bridgehead atoms. The average molecular weight is 246 g/mol. The molecule has 0 aliphatic rings. The summed E-state index contributed by atoms with van der Waals surface area (Å²) in [5.74, 6) is 0.291. The minimum Gasteiger partial charge on any atom is -0.481 e. The second-order valence-corrected chi connectivity index (χ2v) is 3.73. The Labute approximate surface area is 104 Å². The number of methoxy groups -OCH3 is 2. The SMILES string of the molecule is COc1nc(OC)c(Cc2ccccc2)c(=O)[nH]1. The summed E-state index contributed by atoms with van der Waals surface area (Å²) in [5.41, 5.74) is 1.26. The lowest BCUT2D eigenvalue weighted by Gasteiger charge is -2.08. The number of aromatic amines is 1. The van der Waals surface area contributed by atoms with Crippen molar-refractivity contribution in [2.75, 3.05) is 14.2 Å². The van der Waals surface area contributed by atoms with Crippen LogP contribution in [0.25, 0.3) is 0 Å². The Hall–Kier alpha value is -2.30. The van der Waals surface area contributed by atoms with E-state index in [4.69, 9.17) is 9.47 Å². The highest BCUT2D eigenvalue weighted by Crippen LogP contribution is 2.17. The molecule has 0 saturated heterocycles. The standard InChI is InChI=1S/C13H14N2O3/c1-17-12-10(8-9-6-4-3-5-7-9)11(16)14-13(15-12)18-2/h3-7H,8H2,1-2H3,(H,14,15,16). The monoisotopic (exact) mass is 246 g/mol. The number of H-pyrrole nitrogens is 1. The van der Waals surface area contributed by atoms with Crippen molar-refractivity contribution < 1.29 is 9.47 Å². The lowest BCUT2D eigenvalue weighted by atomic mass is 10.1. The molecule has 0 fully saturated rings. The van der Waals surface area contributed by atoms with Crippen molar-refractivity contribution in [3.63, 3.8) is 0 Å². The highest BCUT2D eigenvalue weighted by molar-refractivity contribution is 5.31. The van der Waals surface area contributed by atoms with Crippen LogP contribution in [-0.4, -0.2) is 24.2 Å². The van der Waals surface area contributed by atoms with Crippen molar-refractivity contribution in [2.45, 2.75) is 6.42 Å². The lowest BCUT2D eigenvalue weighted by molar-refractivity contribution is 0.347. The van der Waals surface area contributed by atoms with Gasteiger partial charge in [-0.15, -0.1) is 0 Å². The Bertz CT molecular complexity index is 579. The van der Waals surface area contributed by atoms with Gasteiger partial charge in [0.15, 0.2) is 0 Å². The normalized spacial score (nSPS) is 10.1. The molecule has 5 heteroatoms. The quantitative estimate of drug-likeness (QED) is 0.885. The van der Waals surface area contributed by atoms with Crippen LogP contribution < -0.4 is 15.0 Å². The van der Waals surface area contributed by atoms with Crippen LogP contribution >= 0.6 is 0 Å². The third kappa shape index (κ3) is 2.51. The third-order valence-corrected chi connectivity index (χ3v) is 2.57. The fraction of sp³-hybridized carbons (Fsp3) is 0.231. The molecule has 0 unspecified atom stereocenters. The maximum absolute atomic E-state index is 11.9. The van der Waals surface area contributed by atoms with Gasteiger partial charge in [0.2, 0.25) is 5.88 Å².